The van der Waals surface area contributed by atoms with Crippen LogP contribution in [0.5, 0.6) is 0 Å². The molecular weight excluding hydrogens is 178 g/mol. The van der Waals surface area contributed by atoms with Gasteiger partial charge in [0.05, 0.1) is 7.11 Å². The van der Waals surface area contributed by atoms with Gasteiger partial charge in [-0.1, -0.05) is 32.6 Å². The van der Waals surface area contributed by atoms with Gasteiger partial charge in [-0.3, -0.25) is 0 Å². The molecule has 82 valence electrons. The van der Waals surface area contributed by atoms with Gasteiger partial charge in [0.15, 0.2) is 0 Å². The van der Waals surface area contributed by atoms with Gasteiger partial charge in [0.25, 0.3) is 0 Å². The van der Waals surface area contributed by atoms with Gasteiger partial charge in [-0.05, 0) is 19.3 Å². The molecule has 0 saturated heterocycles. The summed E-state index contributed by atoms with van der Waals surface area (Å²) in [6, 6.07) is 0. The molecule has 0 atom stereocenters. The maximum absolute atomic E-state index is 11.2. The number of nitrogens with one attached hydrogen (secondary N) is 1. The second kappa shape index (κ2) is 5.23. The number of hydrogen-bond acceptors (Lipinski definition) is 2. The number of carbonyl (C=O) groups is 1. The lowest BCUT2D eigenvalue weighted by Gasteiger charge is -2.29. The predicted octanol–water partition coefficient (Wildman–Crippen LogP) is 2.85. The Morgan fingerprint density at radius 1 is 1.43 bits per heavy atom. The lowest BCUT2D eigenvalue weighted by Crippen LogP contribution is -2.46. The van der Waals surface area contributed by atoms with Crippen molar-refractivity contribution < 1.29 is 9.53 Å². The summed E-state index contributed by atoms with van der Waals surface area (Å²) in [4.78, 5) is 11.2. The standard InChI is InChI=1S/C11H21NO2/c1-3-4-7-11(8-5-6-9-11)12-10(13)14-2/h3-9H2,1-2H3,(H,12,13). The molecule has 0 aromatic rings. The molecule has 1 aliphatic rings. The summed E-state index contributed by atoms with van der Waals surface area (Å²) in [6.45, 7) is 2.18. The maximum atomic E-state index is 11.2. The summed E-state index contributed by atoms with van der Waals surface area (Å²) in [5.41, 5.74) is 0.0447. The molecule has 0 aliphatic heterocycles. The van der Waals surface area contributed by atoms with Gasteiger partial charge in [-0.25, -0.2) is 4.79 Å². The van der Waals surface area contributed by atoms with Crippen LogP contribution >= 0.6 is 0 Å². The second-order valence-corrected chi connectivity index (χ2v) is 4.21. The zero-order valence-electron chi connectivity index (χ0n) is 9.27. The van der Waals surface area contributed by atoms with E-state index in [2.05, 4.69) is 17.0 Å². The Balaban J connectivity index is 2.48. The number of rotatable bonds is 4. The summed E-state index contributed by atoms with van der Waals surface area (Å²) in [5, 5.41) is 3.02. The maximum Gasteiger partial charge on any atom is 0.407 e. The van der Waals surface area contributed by atoms with E-state index in [-0.39, 0.29) is 11.6 Å². The SMILES string of the molecule is CCCCC1(NC(=O)OC)CCCC1. The Morgan fingerprint density at radius 2 is 2.07 bits per heavy atom. The molecule has 3 heteroatoms. The molecule has 0 aromatic carbocycles. The fourth-order valence-corrected chi connectivity index (χ4v) is 2.27. The van der Waals surface area contributed by atoms with Crippen LogP contribution in [0.15, 0.2) is 0 Å². The first kappa shape index (κ1) is 11.3. The number of ether oxygens (including phenoxy) is 1. The van der Waals surface area contributed by atoms with E-state index in [1.807, 2.05) is 0 Å². The molecule has 1 rings (SSSR count). The highest BCUT2D eigenvalue weighted by Crippen LogP contribution is 2.33. The van der Waals surface area contributed by atoms with E-state index in [1.54, 1.807) is 0 Å². The van der Waals surface area contributed by atoms with Gasteiger partial charge in [-0.2, -0.15) is 0 Å². The first-order valence-corrected chi connectivity index (χ1v) is 5.58. The quantitative estimate of drug-likeness (QED) is 0.756. The third-order valence-corrected chi connectivity index (χ3v) is 3.12. The lowest BCUT2D eigenvalue weighted by atomic mass is 9.91. The van der Waals surface area contributed by atoms with Crippen molar-refractivity contribution in [2.75, 3.05) is 7.11 Å². The number of methoxy groups -OCH3 is 1. The summed E-state index contributed by atoms with van der Waals surface area (Å²) in [5.74, 6) is 0. The summed E-state index contributed by atoms with van der Waals surface area (Å²) in [6.07, 6.45) is 7.88. The highest BCUT2D eigenvalue weighted by molar-refractivity contribution is 5.68. The van der Waals surface area contributed by atoms with Crippen LogP contribution in [0.3, 0.4) is 0 Å². The number of alkyl carbamates (subject to hydrolysis) is 1. The molecule has 0 spiro atoms. The first-order chi connectivity index (χ1) is 6.72. The summed E-state index contributed by atoms with van der Waals surface area (Å²) in [7, 11) is 1.43. The van der Waals surface area contributed by atoms with Crippen LogP contribution in [0, 0.1) is 0 Å². The molecule has 0 aromatic heterocycles. The highest BCUT2D eigenvalue weighted by atomic mass is 16.5. The van der Waals surface area contributed by atoms with E-state index in [0.717, 1.165) is 19.3 Å². The Hall–Kier alpha value is -0.730. The van der Waals surface area contributed by atoms with Crippen molar-refractivity contribution in [2.24, 2.45) is 0 Å². The van der Waals surface area contributed by atoms with Gasteiger partial charge < -0.3 is 10.1 Å². The molecule has 0 bridgehead atoms. The molecule has 0 heterocycles. The topological polar surface area (TPSA) is 38.3 Å². The van der Waals surface area contributed by atoms with Gasteiger partial charge in [0.2, 0.25) is 0 Å². The van der Waals surface area contributed by atoms with Crippen LogP contribution in [-0.4, -0.2) is 18.7 Å². The fourth-order valence-electron chi connectivity index (χ4n) is 2.27. The molecule has 1 N–H and O–H groups in total. The van der Waals surface area contributed by atoms with Crippen LogP contribution in [0.1, 0.15) is 51.9 Å². The zero-order chi connectivity index (χ0) is 10.4. The Morgan fingerprint density at radius 3 is 2.57 bits per heavy atom. The van der Waals surface area contributed by atoms with E-state index < -0.39 is 0 Å². The van der Waals surface area contributed by atoms with Crippen LogP contribution in [0.2, 0.25) is 0 Å². The van der Waals surface area contributed by atoms with Crippen molar-refractivity contribution >= 4 is 6.09 Å². The van der Waals surface area contributed by atoms with Crippen molar-refractivity contribution in [3.63, 3.8) is 0 Å². The van der Waals surface area contributed by atoms with Crippen molar-refractivity contribution in [1.29, 1.82) is 0 Å². The van der Waals surface area contributed by atoms with Gasteiger partial charge in [0.1, 0.15) is 0 Å². The average molecular weight is 199 g/mol. The normalized spacial score (nSPS) is 19.3. The summed E-state index contributed by atoms with van der Waals surface area (Å²) < 4.78 is 4.67. The molecule has 14 heavy (non-hydrogen) atoms. The van der Waals surface area contributed by atoms with Crippen molar-refractivity contribution in [3.05, 3.63) is 0 Å². The van der Waals surface area contributed by atoms with Gasteiger partial charge in [0, 0.05) is 5.54 Å². The monoisotopic (exact) mass is 199 g/mol. The highest BCUT2D eigenvalue weighted by Gasteiger charge is 2.34. The third-order valence-electron chi connectivity index (χ3n) is 3.12. The van der Waals surface area contributed by atoms with E-state index >= 15 is 0 Å². The number of unbranched alkanes of at least 4 members (excludes halogenated alkanes) is 1. The molecule has 1 aliphatic carbocycles. The molecular formula is C11H21NO2. The minimum atomic E-state index is -0.275. The smallest absolute Gasteiger partial charge is 0.407 e. The van der Waals surface area contributed by atoms with Crippen LogP contribution in [0.4, 0.5) is 4.79 Å². The van der Waals surface area contributed by atoms with E-state index in [1.165, 1.54) is 32.8 Å². The van der Waals surface area contributed by atoms with Crippen molar-refractivity contribution in [1.82, 2.24) is 5.32 Å². The molecule has 0 radical (unpaired) electrons. The van der Waals surface area contributed by atoms with Gasteiger partial charge >= 0.3 is 6.09 Å². The zero-order valence-corrected chi connectivity index (χ0v) is 9.27. The molecule has 1 saturated carbocycles. The van der Waals surface area contributed by atoms with Crippen LogP contribution < -0.4 is 5.32 Å². The Kier molecular flexibility index (Phi) is 4.23. The molecule has 3 nitrogen and oxygen atoms in total. The fraction of sp³-hybridized carbons (Fsp3) is 0.909. The minimum absolute atomic E-state index is 0.0447. The molecule has 1 amide bonds. The summed E-state index contributed by atoms with van der Waals surface area (Å²) >= 11 is 0. The first-order valence-electron chi connectivity index (χ1n) is 5.58. The van der Waals surface area contributed by atoms with Crippen molar-refractivity contribution in [3.8, 4) is 0 Å². The Bertz CT molecular complexity index is 186. The van der Waals surface area contributed by atoms with Crippen LogP contribution in [0.25, 0.3) is 0 Å². The average Bonchev–Trinajstić information content (AvgIpc) is 2.64. The Labute approximate surface area is 86.2 Å². The number of carbonyl (C=O) groups excluding carboxylic acids is 1. The minimum Gasteiger partial charge on any atom is -0.453 e. The molecule has 0 unspecified atom stereocenters. The largest absolute Gasteiger partial charge is 0.453 e. The van der Waals surface area contributed by atoms with Crippen molar-refractivity contribution in [2.45, 2.75) is 57.4 Å². The van der Waals surface area contributed by atoms with E-state index in [9.17, 15) is 4.79 Å². The molecule has 1 fully saturated rings. The van der Waals surface area contributed by atoms with E-state index in [4.69, 9.17) is 0 Å². The van der Waals surface area contributed by atoms with Crippen LogP contribution in [-0.2, 0) is 4.74 Å². The lowest BCUT2D eigenvalue weighted by molar-refractivity contribution is 0.152. The van der Waals surface area contributed by atoms with Gasteiger partial charge in [-0.15, -0.1) is 0 Å². The second-order valence-electron chi connectivity index (χ2n) is 4.21. The van der Waals surface area contributed by atoms with E-state index in [0.29, 0.717) is 0 Å². The number of hydrogen-bond donors (Lipinski definition) is 1. The third kappa shape index (κ3) is 2.89. The predicted molar refractivity (Wildman–Crippen MR) is 56.3 cm³/mol. The number of amides is 1.